The third-order valence-electron chi connectivity index (χ3n) is 4.05. The molecule has 2 aromatic carbocycles. The number of halogens is 1. The van der Waals surface area contributed by atoms with Crippen LogP contribution in [0.25, 0.3) is 10.8 Å². The van der Waals surface area contributed by atoms with Gasteiger partial charge in [0.15, 0.2) is 0 Å². The number of allylic oxidation sites excluding steroid dienone is 3. The second-order valence-electron chi connectivity index (χ2n) is 5.65. The van der Waals surface area contributed by atoms with E-state index in [0.717, 1.165) is 33.4 Å². The largest absolute Gasteiger partial charge is 2.00 e. The van der Waals surface area contributed by atoms with Crippen molar-refractivity contribution in [3.05, 3.63) is 73.7 Å². The van der Waals surface area contributed by atoms with Crippen molar-refractivity contribution in [2.45, 2.75) is 18.9 Å². The number of rotatable bonds is 4. The van der Waals surface area contributed by atoms with E-state index in [4.69, 9.17) is 22.7 Å². The second-order valence-corrected chi connectivity index (χ2v) is 6.14. The van der Waals surface area contributed by atoms with Crippen molar-refractivity contribution in [2.24, 2.45) is 5.73 Å². The molecule has 0 heterocycles. The molecule has 1 atom stereocenters. The van der Waals surface area contributed by atoms with Crippen molar-refractivity contribution >= 4 is 27.9 Å². The van der Waals surface area contributed by atoms with E-state index in [1.807, 2.05) is 43.3 Å². The van der Waals surface area contributed by atoms with Crippen LogP contribution in [0.1, 0.15) is 13.3 Å². The number of nitrogens with two attached hydrogens (primary N) is 1. The summed E-state index contributed by atoms with van der Waals surface area (Å²) in [5.74, 6) is 0.837. The molecule has 0 amide bonds. The third-order valence-corrected chi connectivity index (χ3v) is 4.43. The predicted molar refractivity (Wildman–Crippen MR) is 103 cm³/mol. The summed E-state index contributed by atoms with van der Waals surface area (Å²) in [4.78, 5) is 0.899. The Morgan fingerprint density at radius 3 is 2.52 bits per heavy atom. The summed E-state index contributed by atoms with van der Waals surface area (Å²) in [5.41, 5.74) is 6.42. The molecule has 0 saturated heterocycles. The van der Waals surface area contributed by atoms with Gasteiger partial charge in [-0.2, -0.15) is 0 Å². The summed E-state index contributed by atoms with van der Waals surface area (Å²) < 4.78 is 6.36. The zero-order chi connectivity index (χ0) is 15.6. The van der Waals surface area contributed by atoms with Gasteiger partial charge in [-0.15, -0.1) is 0 Å². The van der Waals surface area contributed by atoms with Crippen LogP contribution in [0.4, 0.5) is 0 Å². The maximum Gasteiger partial charge on any atom is 2.00 e. The monoisotopic (exact) mass is 423 g/mol. The molecule has 0 aromatic heterocycles. The Morgan fingerprint density at radius 2 is 1.84 bits per heavy atom. The fourth-order valence-corrected chi connectivity index (χ4v) is 3.13. The number of fused-ring (bicyclic) bond motifs is 1. The van der Waals surface area contributed by atoms with Gasteiger partial charge >= 0.3 is 19.5 Å². The third kappa shape index (κ3) is 4.98. The van der Waals surface area contributed by atoms with Crippen LogP contribution in [0.3, 0.4) is 0 Å². The van der Waals surface area contributed by atoms with Gasteiger partial charge in [0.2, 0.25) is 0 Å². The molecular weight excluding hydrogens is 403 g/mol. The van der Waals surface area contributed by atoms with Gasteiger partial charge in [0.25, 0.3) is 0 Å². The van der Waals surface area contributed by atoms with Gasteiger partial charge in [0.1, 0.15) is 11.4 Å². The molecule has 2 aromatic rings. The van der Waals surface area contributed by atoms with E-state index in [0.29, 0.717) is 6.54 Å². The normalized spacial score (nSPS) is 15.1. The molecular formula is C20H22ClNOSZn. The zero-order valence-corrected chi connectivity index (χ0v) is 19.2. The van der Waals surface area contributed by atoms with Crippen LogP contribution >= 0.6 is 12.2 Å². The second kappa shape index (κ2) is 10.2. The van der Waals surface area contributed by atoms with Crippen molar-refractivity contribution in [1.82, 2.24) is 0 Å². The van der Waals surface area contributed by atoms with Gasteiger partial charge in [-0.25, -0.2) is 0 Å². The number of thiocarbonyl (C=S) groups is 1. The topological polar surface area (TPSA) is 35.2 Å². The predicted octanol–water partition coefficient (Wildman–Crippen LogP) is 1.64. The van der Waals surface area contributed by atoms with E-state index in [1.165, 1.54) is 0 Å². The first-order valence-electron chi connectivity index (χ1n) is 7.41. The Labute approximate surface area is 174 Å². The number of ether oxygens (including phenoxy) is 1. The quantitative estimate of drug-likeness (QED) is 0.460. The molecule has 128 valence electrons. The number of hydrogen-bond donors (Lipinski definition) is 1. The van der Waals surface area contributed by atoms with Crippen LogP contribution < -0.4 is 22.9 Å². The molecule has 1 unspecified atom stereocenters. The average Bonchev–Trinajstić information content (AvgIpc) is 2.55. The molecule has 0 radical (unpaired) electrons. The van der Waals surface area contributed by atoms with Crippen molar-refractivity contribution in [1.29, 1.82) is 0 Å². The van der Waals surface area contributed by atoms with Crippen LogP contribution in [0.15, 0.2) is 66.3 Å². The summed E-state index contributed by atoms with van der Waals surface area (Å²) in [6.07, 6.45) is 6.87. The molecule has 2 nitrogen and oxygen atoms in total. The molecule has 0 fully saturated rings. The van der Waals surface area contributed by atoms with Crippen molar-refractivity contribution in [3.8, 4) is 5.75 Å². The molecule has 25 heavy (non-hydrogen) atoms. The summed E-state index contributed by atoms with van der Waals surface area (Å²) in [6.45, 7) is 2.38. The maximum absolute atomic E-state index is 6.36. The first-order chi connectivity index (χ1) is 10.6. The Morgan fingerprint density at radius 1 is 1.16 bits per heavy atom. The molecule has 1 aliphatic carbocycles. The zero-order valence-electron chi connectivity index (χ0n) is 14.7. The van der Waals surface area contributed by atoms with Gasteiger partial charge < -0.3 is 30.3 Å². The molecule has 0 bridgehead atoms. The van der Waals surface area contributed by atoms with Gasteiger partial charge in [-0.3, -0.25) is 0 Å². The van der Waals surface area contributed by atoms with E-state index in [-0.39, 0.29) is 39.3 Å². The van der Waals surface area contributed by atoms with Gasteiger partial charge in [0, 0.05) is 28.8 Å². The van der Waals surface area contributed by atoms with E-state index in [1.54, 1.807) is 0 Å². The fourth-order valence-electron chi connectivity index (χ4n) is 2.75. The van der Waals surface area contributed by atoms with Gasteiger partial charge in [-0.05, 0) is 18.4 Å². The molecule has 0 saturated carbocycles. The van der Waals surface area contributed by atoms with E-state index >= 15 is 0 Å². The molecule has 2 N–H and O–H groups in total. The smallest absolute Gasteiger partial charge is 1.00 e. The van der Waals surface area contributed by atoms with Crippen LogP contribution in [-0.4, -0.2) is 17.0 Å². The van der Waals surface area contributed by atoms with Gasteiger partial charge in [-0.1, -0.05) is 66.8 Å². The summed E-state index contributed by atoms with van der Waals surface area (Å²) in [6, 6.07) is 14.3. The minimum Gasteiger partial charge on any atom is -1.00 e. The Kier molecular flexibility index (Phi) is 9.75. The summed E-state index contributed by atoms with van der Waals surface area (Å²) >= 11 is 5.50. The van der Waals surface area contributed by atoms with Crippen LogP contribution in [0, 0.1) is 7.43 Å². The number of benzene rings is 2. The summed E-state index contributed by atoms with van der Waals surface area (Å²) in [5, 5.41) is 2.24. The molecule has 1 aliphatic rings. The first-order valence-corrected chi connectivity index (χ1v) is 7.82. The molecule has 0 aliphatic heterocycles. The number of hydrogen-bond acceptors (Lipinski definition) is 3. The average molecular weight is 425 g/mol. The van der Waals surface area contributed by atoms with E-state index in [2.05, 4.69) is 24.3 Å². The van der Waals surface area contributed by atoms with Crippen molar-refractivity contribution in [2.75, 3.05) is 6.54 Å². The standard InChI is InChI=1S/C19H19NOS.CH3.ClH.Zn/c1-19(13-20,16-10-4-5-12-18(16)22)21-17-11-6-8-14-7-2-3-9-15(14)17;;;/h2-11H,12-13,20H2,1H3;1H3;1H;/q;-1;;+2/p-1. The Hall–Kier alpha value is -1.06. The van der Waals surface area contributed by atoms with Crippen LogP contribution in [-0.2, 0) is 19.5 Å². The van der Waals surface area contributed by atoms with E-state index < -0.39 is 5.60 Å². The minimum absolute atomic E-state index is 0. The van der Waals surface area contributed by atoms with Crippen LogP contribution in [0.2, 0.25) is 0 Å². The first kappa shape index (κ1) is 23.9. The Bertz CT molecular complexity index is 785. The van der Waals surface area contributed by atoms with Crippen molar-refractivity contribution in [3.63, 3.8) is 0 Å². The van der Waals surface area contributed by atoms with E-state index in [9.17, 15) is 0 Å². The Balaban J connectivity index is 0.00000192. The molecule has 3 rings (SSSR count). The van der Waals surface area contributed by atoms with Crippen LogP contribution in [0.5, 0.6) is 5.75 Å². The minimum atomic E-state index is -0.619. The van der Waals surface area contributed by atoms with Gasteiger partial charge in [0.05, 0.1) is 0 Å². The molecule has 5 heteroatoms. The SMILES string of the molecule is CC(CN)(Oc1cccc2ccccc12)C1=CC=CCC1=S.[CH3-].[Cl-].[Zn+2]. The van der Waals surface area contributed by atoms with Crippen molar-refractivity contribution < 1.29 is 36.6 Å². The maximum atomic E-state index is 6.36. The molecule has 0 spiro atoms. The summed E-state index contributed by atoms with van der Waals surface area (Å²) in [7, 11) is 0. The fraction of sp³-hybridized carbons (Fsp3) is 0.200.